The highest BCUT2D eigenvalue weighted by Gasteiger charge is 2.21. The molecule has 0 saturated carbocycles. The van der Waals surface area contributed by atoms with Gasteiger partial charge in [0.25, 0.3) is 0 Å². The van der Waals surface area contributed by atoms with Crippen LogP contribution in [0.15, 0.2) is 48.5 Å². The number of nitrogens with zero attached hydrogens (tertiary/aromatic N) is 2. The molecule has 0 heterocycles. The second-order valence-electron chi connectivity index (χ2n) is 5.87. The second-order valence-corrected chi connectivity index (χ2v) is 7.84. The van der Waals surface area contributed by atoms with E-state index < -0.39 is 10.0 Å². The molecule has 2 rings (SSSR count). The lowest BCUT2D eigenvalue weighted by atomic mass is 10.2. The van der Waals surface area contributed by atoms with E-state index in [2.05, 4.69) is 0 Å². The third-order valence-corrected chi connectivity index (χ3v) is 5.69. The van der Waals surface area contributed by atoms with Crippen LogP contribution in [0.25, 0.3) is 0 Å². The van der Waals surface area contributed by atoms with E-state index in [4.69, 9.17) is 0 Å². The molecule has 0 aliphatic carbocycles. The van der Waals surface area contributed by atoms with Gasteiger partial charge >= 0.3 is 0 Å². The number of anilines is 1. The first-order valence-electron chi connectivity index (χ1n) is 7.80. The van der Waals surface area contributed by atoms with Crippen LogP contribution in [0.1, 0.15) is 18.1 Å². The average molecular weight is 350 g/mol. The molecule has 0 fully saturated rings. The quantitative estimate of drug-likeness (QED) is 0.770. The van der Waals surface area contributed by atoms with Crippen molar-refractivity contribution in [2.75, 3.05) is 25.5 Å². The smallest absolute Gasteiger partial charge is 0.218 e. The van der Waals surface area contributed by atoms with E-state index in [1.54, 1.807) is 0 Å². The summed E-state index contributed by atoms with van der Waals surface area (Å²) in [5, 5.41) is 0. The van der Waals surface area contributed by atoms with Gasteiger partial charge in [-0.1, -0.05) is 31.2 Å². The molecule has 0 radical (unpaired) electrons. The molecule has 0 amide bonds. The highest BCUT2D eigenvalue weighted by Crippen LogP contribution is 2.17. The molecule has 0 aliphatic heterocycles. The number of hydrogen-bond acceptors (Lipinski definition) is 3. The van der Waals surface area contributed by atoms with Crippen LogP contribution in [0, 0.1) is 5.82 Å². The SMILES string of the molecule is CCN(Cc1ccc(N(C)C)cc1)S(=O)(=O)Cc1ccc(F)cc1. The Morgan fingerprint density at radius 1 is 0.917 bits per heavy atom. The minimum atomic E-state index is -3.46. The van der Waals surface area contributed by atoms with Gasteiger partial charge in [-0.05, 0) is 35.4 Å². The molecule has 4 nitrogen and oxygen atoms in total. The normalized spacial score (nSPS) is 11.7. The number of hydrogen-bond donors (Lipinski definition) is 0. The van der Waals surface area contributed by atoms with Crippen molar-refractivity contribution in [3.8, 4) is 0 Å². The van der Waals surface area contributed by atoms with Crippen molar-refractivity contribution >= 4 is 15.7 Å². The van der Waals surface area contributed by atoms with Crippen LogP contribution in [-0.2, 0) is 22.3 Å². The Hall–Kier alpha value is -1.92. The summed E-state index contributed by atoms with van der Waals surface area (Å²) in [4.78, 5) is 1.99. The first-order chi connectivity index (χ1) is 11.3. The lowest BCUT2D eigenvalue weighted by Gasteiger charge is -2.21. The molecule has 2 aromatic carbocycles. The largest absolute Gasteiger partial charge is 0.378 e. The molecule has 2 aromatic rings. The van der Waals surface area contributed by atoms with Crippen molar-refractivity contribution in [3.63, 3.8) is 0 Å². The van der Waals surface area contributed by atoms with Crippen molar-refractivity contribution in [3.05, 3.63) is 65.5 Å². The molecular weight excluding hydrogens is 327 g/mol. The minimum absolute atomic E-state index is 0.128. The first-order valence-corrected chi connectivity index (χ1v) is 9.41. The summed E-state index contributed by atoms with van der Waals surface area (Å²) >= 11 is 0. The summed E-state index contributed by atoms with van der Waals surface area (Å²) < 4.78 is 39.6. The standard InChI is InChI=1S/C18H23FN2O2S/c1-4-21(13-15-7-11-18(12-8-15)20(2)3)24(22,23)14-16-5-9-17(19)10-6-16/h5-12H,4,13-14H2,1-3H3. The number of halogens is 1. The van der Waals surface area contributed by atoms with E-state index in [-0.39, 0.29) is 11.6 Å². The van der Waals surface area contributed by atoms with Gasteiger partial charge in [0.1, 0.15) is 5.82 Å². The van der Waals surface area contributed by atoms with Gasteiger partial charge in [-0.15, -0.1) is 0 Å². The fraction of sp³-hybridized carbons (Fsp3) is 0.333. The molecule has 0 saturated heterocycles. The van der Waals surface area contributed by atoms with E-state index in [9.17, 15) is 12.8 Å². The molecule has 0 aliphatic rings. The predicted octanol–water partition coefficient (Wildman–Crippen LogP) is 3.24. The maximum Gasteiger partial charge on any atom is 0.218 e. The Bertz CT molecular complexity index is 757. The predicted molar refractivity (Wildman–Crippen MR) is 95.9 cm³/mol. The van der Waals surface area contributed by atoms with Gasteiger partial charge in [-0.25, -0.2) is 12.8 Å². The Morgan fingerprint density at radius 3 is 1.96 bits per heavy atom. The van der Waals surface area contributed by atoms with Crippen molar-refractivity contribution < 1.29 is 12.8 Å². The Labute approximate surface area is 143 Å². The summed E-state index contributed by atoms with van der Waals surface area (Å²) in [7, 11) is 0.455. The van der Waals surface area contributed by atoms with Gasteiger partial charge < -0.3 is 4.90 Å². The van der Waals surface area contributed by atoms with Gasteiger partial charge in [-0.3, -0.25) is 0 Å². The number of benzene rings is 2. The van der Waals surface area contributed by atoms with Crippen LogP contribution in [0.3, 0.4) is 0 Å². The third-order valence-electron chi connectivity index (χ3n) is 3.82. The Morgan fingerprint density at radius 2 is 1.46 bits per heavy atom. The number of rotatable bonds is 7. The van der Waals surface area contributed by atoms with Crippen LogP contribution in [0.2, 0.25) is 0 Å². The summed E-state index contributed by atoms with van der Waals surface area (Å²) in [5.74, 6) is -0.499. The molecule has 0 atom stereocenters. The highest BCUT2D eigenvalue weighted by molar-refractivity contribution is 7.88. The van der Waals surface area contributed by atoms with Gasteiger partial charge in [0, 0.05) is 32.9 Å². The molecular formula is C18H23FN2O2S. The first kappa shape index (κ1) is 18.4. The second kappa shape index (κ2) is 7.77. The summed E-state index contributed by atoms with van der Waals surface area (Å²) in [5.41, 5.74) is 2.58. The lowest BCUT2D eigenvalue weighted by molar-refractivity contribution is 0.422. The Kier molecular flexibility index (Phi) is 5.96. The van der Waals surface area contributed by atoms with Gasteiger partial charge in [0.2, 0.25) is 10.0 Å². The Balaban J connectivity index is 2.12. The molecule has 130 valence electrons. The molecule has 0 unspecified atom stereocenters. The zero-order chi connectivity index (χ0) is 17.7. The van der Waals surface area contributed by atoms with Crippen LogP contribution in [0.5, 0.6) is 0 Å². The van der Waals surface area contributed by atoms with Crippen molar-refractivity contribution in [2.24, 2.45) is 0 Å². The fourth-order valence-electron chi connectivity index (χ4n) is 2.39. The topological polar surface area (TPSA) is 40.6 Å². The molecule has 0 bridgehead atoms. The van der Waals surface area contributed by atoms with Crippen LogP contribution >= 0.6 is 0 Å². The van der Waals surface area contributed by atoms with Crippen molar-refractivity contribution in [2.45, 2.75) is 19.2 Å². The van der Waals surface area contributed by atoms with E-state index in [0.29, 0.717) is 18.7 Å². The zero-order valence-corrected chi connectivity index (χ0v) is 15.1. The molecule has 0 aromatic heterocycles. The van der Waals surface area contributed by atoms with E-state index in [1.807, 2.05) is 50.2 Å². The molecule has 24 heavy (non-hydrogen) atoms. The van der Waals surface area contributed by atoms with Crippen molar-refractivity contribution in [1.29, 1.82) is 0 Å². The monoisotopic (exact) mass is 350 g/mol. The van der Waals surface area contributed by atoms with Gasteiger partial charge in [-0.2, -0.15) is 4.31 Å². The van der Waals surface area contributed by atoms with Crippen LogP contribution in [0.4, 0.5) is 10.1 Å². The fourth-order valence-corrected chi connectivity index (χ4v) is 3.93. The van der Waals surface area contributed by atoms with E-state index in [0.717, 1.165) is 11.3 Å². The van der Waals surface area contributed by atoms with E-state index in [1.165, 1.54) is 28.6 Å². The van der Waals surface area contributed by atoms with E-state index >= 15 is 0 Å². The number of sulfonamides is 1. The summed E-state index contributed by atoms with van der Waals surface area (Å²) in [6.45, 7) is 2.53. The maximum absolute atomic E-state index is 13.0. The van der Waals surface area contributed by atoms with Gasteiger partial charge in [0.15, 0.2) is 0 Å². The molecule has 0 N–H and O–H groups in total. The minimum Gasteiger partial charge on any atom is -0.378 e. The summed E-state index contributed by atoms with van der Waals surface area (Å²) in [6, 6.07) is 13.4. The third kappa shape index (κ3) is 4.79. The molecule has 0 spiro atoms. The van der Waals surface area contributed by atoms with Crippen LogP contribution in [-0.4, -0.2) is 33.4 Å². The maximum atomic E-state index is 13.0. The highest BCUT2D eigenvalue weighted by atomic mass is 32.2. The molecule has 6 heteroatoms. The van der Waals surface area contributed by atoms with Gasteiger partial charge in [0.05, 0.1) is 5.75 Å². The van der Waals surface area contributed by atoms with Crippen molar-refractivity contribution in [1.82, 2.24) is 4.31 Å². The van der Waals surface area contributed by atoms with Crippen LogP contribution < -0.4 is 4.90 Å². The zero-order valence-electron chi connectivity index (χ0n) is 14.2. The summed E-state index contributed by atoms with van der Waals surface area (Å²) in [6.07, 6.45) is 0. The lowest BCUT2D eigenvalue weighted by Crippen LogP contribution is -2.31. The average Bonchev–Trinajstić information content (AvgIpc) is 2.54.